The summed E-state index contributed by atoms with van der Waals surface area (Å²) in [6.45, 7) is 3.28. The van der Waals surface area contributed by atoms with Gasteiger partial charge in [0.1, 0.15) is 18.2 Å². The van der Waals surface area contributed by atoms with Crippen LogP contribution in [0.25, 0.3) is 10.9 Å². The van der Waals surface area contributed by atoms with Gasteiger partial charge in [-0.25, -0.2) is 9.97 Å². The van der Waals surface area contributed by atoms with Crippen molar-refractivity contribution in [2.24, 2.45) is 5.92 Å². The molecule has 25 heavy (non-hydrogen) atoms. The van der Waals surface area contributed by atoms with Gasteiger partial charge in [0.05, 0.1) is 5.52 Å². The van der Waals surface area contributed by atoms with Gasteiger partial charge >= 0.3 is 0 Å². The minimum Gasteiger partial charge on any atom is -0.381 e. The third-order valence-electron chi connectivity index (χ3n) is 4.44. The van der Waals surface area contributed by atoms with Crippen molar-refractivity contribution in [2.75, 3.05) is 18.5 Å². The molecule has 1 aliphatic heterocycles. The minimum atomic E-state index is -0.126. The molecule has 1 fully saturated rings. The van der Waals surface area contributed by atoms with E-state index < -0.39 is 0 Å². The summed E-state index contributed by atoms with van der Waals surface area (Å²) in [5.41, 5.74) is 0.789. The largest absolute Gasteiger partial charge is 0.381 e. The Kier molecular flexibility index (Phi) is 4.50. The van der Waals surface area contributed by atoms with Crippen molar-refractivity contribution < 1.29 is 9.26 Å². The van der Waals surface area contributed by atoms with Crippen molar-refractivity contribution in [1.82, 2.24) is 20.1 Å². The van der Waals surface area contributed by atoms with Crippen molar-refractivity contribution in [3.05, 3.63) is 41.3 Å². The van der Waals surface area contributed by atoms with Gasteiger partial charge in [0, 0.05) is 23.6 Å². The number of rotatable bonds is 4. The summed E-state index contributed by atoms with van der Waals surface area (Å²) in [6.07, 6.45) is 3.38. The van der Waals surface area contributed by atoms with Crippen LogP contribution >= 0.6 is 11.6 Å². The first-order chi connectivity index (χ1) is 12.2. The lowest BCUT2D eigenvalue weighted by Crippen LogP contribution is -2.27. The Labute approximate surface area is 149 Å². The van der Waals surface area contributed by atoms with E-state index in [1.165, 1.54) is 6.33 Å². The maximum absolute atomic E-state index is 6.07. The number of fused-ring (bicyclic) bond motifs is 1. The topological polar surface area (TPSA) is 86.0 Å². The molecule has 1 unspecified atom stereocenters. The zero-order chi connectivity index (χ0) is 17.2. The summed E-state index contributed by atoms with van der Waals surface area (Å²) >= 11 is 6.07. The molecule has 0 bridgehead atoms. The van der Waals surface area contributed by atoms with Crippen LogP contribution in [0.2, 0.25) is 5.02 Å². The van der Waals surface area contributed by atoms with Crippen LogP contribution in [-0.4, -0.2) is 33.3 Å². The number of hydrogen-bond donors (Lipinski definition) is 1. The monoisotopic (exact) mass is 359 g/mol. The normalized spacial score (nSPS) is 16.9. The molecule has 2 aromatic heterocycles. The van der Waals surface area contributed by atoms with Crippen LogP contribution in [0.3, 0.4) is 0 Å². The lowest BCUT2D eigenvalue weighted by atomic mass is 9.91. The lowest BCUT2D eigenvalue weighted by molar-refractivity contribution is 0.0571. The summed E-state index contributed by atoms with van der Waals surface area (Å²) in [6, 6.07) is 5.45. The number of aromatic nitrogens is 4. The van der Waals surface area contributed by atoms with Gasteiger partial charge in [-0.2, -0.15) is 4.98 Å². The first-order valence-corrected chi connectivity index (χ1v) is 8.63. The summed E-state index contributed by atoms with van der Waals surface area (Å²) in [5, 5.41) is 8.98. The fourth-order valence-corrected chi connectivity index (χ4v) is 3.33. The smallest absolute Gasteiger partial charge is 0.249 e. The highest BCUT2D eigenvalue weighted by atomic mass is 35.5. The molecule has 1 aromatic carbocycles. The molecule has 7 nitrogen and oxygen atoms in total. The van der Waals surface area contributed by atoms with Gasteiger partial charge in [0.15, 0.2) is 5.82 Å². The van der Waals surface area contributed by atoms with Crippen molar-refractivity contribution in [3.8, 4) is 0 Å². The number of hydrogen-bond acceptors (Lipinski definition) is 7. The standard InChI is InChI=1S/C17H18ClN5O2/c1-10-21-17(25-23-10)15(11-4-6-24-7-5-11)22-16-13-3-2-12(18)8-14(13)19-9-20-16/h2-3,8-9,11,15H,4-7H2,1H3,(H,19,20,22). The molecule has 130 valence electrons. The third kappa shape index (κ3) is 3.43. The van der Waals surface area contributed by atoms with Crippen molar-refractivity contribution in [2.45, 2.75) is 25.8 Å². The SMILES string of the molecule is Cc1noc(C(Nc2ncnc3cc(Cl)ccc23)C2CCOCC2)n1. The predicted molar refractivity (Wildman–Crippen MR) is 93.5 cm³/mol. The van der Waals surface area contributed by atoms with E-state index >= 15 is 0 Å². The molecule has 1 N–H and O–H groups in total. The number of aryl methyl sites for hydroxylation is 1. The van der Waals surface area contributed by atoms with Crippen molar-refractivity contribution in [3.63, 3.8) is 0 Å². The Balaban J connectivity index is 1.71. The van der Waals surface area contributed by atoms with Gasteiger partial charge in [-0.3, -0.25) is 0 Å². The maximum atomic E-state index is 6.07. The Morgan fingerprint density at radius 1 is 1.24 bits per heavy atom. The Morgan fingerprint density at radius 3 is 2.84 bits per heavy atom. The zero-order valence-electron chi connectivity index (χ0n) is 13.8. The van der Waals surface area contributed by atoms with E-state index in [-0.39, 0.29) is 6.04 Å². The maximum Gasteiger partial charge on any atom is 0.249 e. The lowest BCUT2D eigenvalue weighted by Gasteiger charge is -2.29. The fraction of sp³-hybridized carbons (Fsp3) is 0.412. The molecule has 3 aromatic rings. The Bertz CT molecular complexity index is 878. The second kappa shape index (κ2) is 6.93. The summed E-state index contributed by atoms with van der Waals surface area (Å²) < 4.78 is 10.9. The number of nitrogens with zero attached hydrogens (tertiary/aromatic N) is 4. The van der Waals surface area contributed by atoms with Crippen LogP contribution in [0, 0.1) is 12.8 Å². The molecule has 0 saturated carbocycles. The molecular weight excluding hydrogens is 342 g/mol. The van der Waals surface area contributed by atoms with Crippen LogP contribution in [0.5, 0.6) is 0 Å². The van der Waals surface area contributed by atoms with E-state index in [1.54, 1.807) is 0 Å². The highest BCUT2D eigenvalue weighted by Gasteiger charge is 2.30. The van der Waals surface area contributed by atoms with E-state index in [0.717, 1.165) is 42.8 Å². The summed E-state index contributed by atoms with van der Waals surface area (Å²) in [4.78, 5) is 13.1. The quantitative estimate of drug-likeness (QED) is 0.762. The summed E-state index contributed by atoms with van der Waals surface area (Å²) in [5.74, 6) is 2.25. The molecular formula is C17H18ClN5O2. The molecule has 4 rings (SSSR count). The number of nitrogens with one attached hydrogen (secondary N) is 1. The van der Waals surface area contributed by atoms with Gasteiger partial charge < -0.3 is 14.6 Å². The number of ether oxygens (including phenoxy) is 1. The first kappa shape index (κ1) is 16.2. The van der Waals surface area contributed by atoms with Crippen molar-refractivity contribution >= 4 is 28.3 Å². The van der Waals surface area contributed by atoms with E-state index in [0.29, 0.717) is 22.7 Å². The molecule has 0 aliphatic carbocycles. The Morgan fingerprint density at radius 2 is 2.08 bits per heavy atom. The van der Waals surface area contributed by atoms with E-state index in [9.17, 15) is 0 Å². The second-order valence-corrected chi connectivity index (χ2v) is 6.57. The molecule has 3 heterocycles. The Hall–Kier alpha value is -2.25. The van der Waals surface area contributed by atoms with Gasteiger partial charge in [0.25, 0.3) is 0 Å². The van der Waals surface area contributed by atoms with Gasteiger partial charge in [-0.05, 0) is 43.9 Å². The average molecular weight is 360 g/mol. The molecule has 0 spiro atoms. The first-order valence-electron chi connectivity index (χ1n) is 8.25. The summed E-state index contributed by atoms with van der Waals surface area (Å²) in [7, 11) is 0. The highest BCUT2D eigenvalue weighted by Crippen LogP contribution is 2.34. The fourth-order valence-electron chi connectivity index (χ4n) is 3.16. The van der Waals surface area contributed by atoms with E-state index in [4.69, 9.17) is 20.9 Å². The van der Waals surface area contributed by atoms with Crippen LogP contribution in [-0.2, 0) is 4.74 Å². The zero-order valence-corrected chi connectivity index (χ0v) is 14.5. The van der Waals surface area contributed by atoms with E-state index in [1.807, 2.05) is 25.1 Å². The highest BCUT2D eigenvalue weighted by molar-refractivity contribution is 6.31. The number of benzene rings is 1. The van der Waals surface area contributed by atoms with Gasteiger partial charge in [-0.15, -0.1) is 0 Å². The molecule has 0 radical (unpaired) electrons. The van der Waals surface area contributed by atoms with Crippen LogP contribution in [0.1, 0.15) is 30.6 Å². The minimum absolute atomic E-state index is 0.126. The molecule has 0 amide bonds. The van der Waals surface area contributed by atoms with Crippen LogP contribution < -0.4 is 5.32 Å². The third-order valence-corrected chi connectivity index (χ3v) is 4.67. The van der Waals surface area contributed by atoms with E-state index in [2.05, 4.69) is 25.4 Å². The number of anilines is 1. The second-order valence-electron chi connectivity index (χ2n) is 6.14. The van der Waals surface area contributed by atoms with Crippen molar-refractivity contribution in [1.29, 1.82) is 0 Å². The molecule has 1 saturated heterocycles. The molecule has 1 aliphatic rings. The van der Waals surface area contributed by atoms with Crippen LogP contribution in [0.4, 0.5) is 5.82 Å². The van der Waals surface area contributed by atoms with Gasteiger partial charge in [-0.1, -0.05) is 16.8 Å². The predicted octanol–water partition coefficient (Wildman–Crippen LogP) is 3.55. The van der Waals surface area contributed by atoms with Crippen LogP contribution in [0.15, 0.2) is 29.0 Å². The number of halogens is 1. The van der Waals surface area contributed by atoms with Gasteiger partial charge in [0.2, 0.25) is 5.89 Å². The average Bonchev–Trinajstić information content (AvgIpc) is 3.06. The molecule has 1 atom stereocenters. The molecule has 8 heteroatoms.